The van der Waals surface area contributed by atoms with Gasteiger partial charge in [0.1, 0.15) is 11.5 Å². The fourth-order valence-corrected chi connectivity index (χ4v) is 5.50. The molecule has 2 aromatic carbocycles. The number of sulfone groups is 2. The number of nitrogens with one attached hydrogen (secondary N) is 2. The smallest absolute Gasteiger partial charge is 0.321 e. The molecule has 0 aromatic heterocycles. The Morgan fingerprint density at radius 3 is 1.74 bits per heavy atom. The number of hydrogen-bond acceptors (Lipinski definition) is 10. The second-order valence-electron chi connectivity index (χ2n) is 8.10. The van der Waals surface area contributed by atoms with Crippen molar-refractivity contribution in [1.29, 1.82) is 0 Å². The molecule has 0 bridgehead atoms. The molecular formula is C24H32N4O8S2. The van der Waals surface area contributed by atoms with Crippen molar-refractivity contribution in [3.8, 4) is 11.5 Å². The summed E-state index contributed by atoms with van der Waals surface area (Å²) in [5.41, 5.74) is 1.24. The molecule has 2 N–H and O–H groups in total. The highest BCUT2D eigenvalue weighted by atomic mass is 32.2. The molecule has 2 saturated heterocycles. The molecule has 12 nitrogen and oxygen atoms in total. The van der Waals surface area contributed by atoms with Crippen molar-refractivity contribution >= 4 is 43.2 Å². The number of methoxy groups -OCH3 is 2. The fraction of sp³-hybridized carbons (Fsp3) is 0.417. The van der Waals surface area contributed by atoms with Crippen molar-refractivity contribution < 1.29 is 35.9 Å². The van der Waals surface area contributed by atoms with E-state index in [1.807, 2.05) is 0 Å². The van der Waals surface area contributed by atoms with E-state index in [9.17, 15) is 26.4 Å². The number of aliphatic imine (C=N–C) groups is 1. The van der Waals surface area contributed by atoms with Gasteiger partial charge in [0.05, 0.1) is 42.9 Å². The number of nitrogens with zero attached hydrogens (tertiary/aromatic N) is 2. The van der Waals surface area contributed by atoms with Crippen molar-refractivity contribution in [2.24, 2.45) is 4.99 Å². The predicted octanol–water partition coefficient (Wildman–Crippen LogP) is 1.62. The van der Waals surface area contributed by atoms with Crippen LogP contribution in [0.5, 0.6) is 11.5 Å². The van der Waals surface area contributed by atoms with Gasteiger partial charge in [-0.25, -0.2) is 26.4 Å². The summed E-state index contributed by atoms with van der Waals surface area (Å²) in [6.07, 6.45) is 1.46. The molecule has 0 aliphatic carbocycles. The average molecular weight is 569 g/mol. The molecule has 2 aliphatic heterocycles. The quantitative estimate of drug-likeness (QED) is 0.413. The summed E-state index contributed by atoms with van der Waals surface area (Å²) in [5.74, 6) is 2.14. The lowest BCUT2D eigenvalue weighted by Crippen LogP contribution is -2.45. The van der Waals surface area contributed by atoms with Crippen LogP contribution in [0.2, 0.25) is 0 Å². The van der Waals surface area contributed by atoms with Crippen molar-refractivity contribution in [2.75, 3.05) is 68.7 Å². The molecule has 2 aliphatic rings. The Hall–Kier alpha value is -3.45. The summed E-state index contributed by atoms with van der Waals surface area (Å²) in [5, 5.41) is 5.69. The molecule has 2 aromatic rings. The zero-order valence-electron chi connectivity index (χ0n) is 21.3. The highest BCUT2D eigenvalue weighted by Crippen LogP contribution is 2.17. The molecular weight excluding hydrogens is 536 g/mol. The number of carbonyl (C=O) groups is 1. The van der Waals surface area contributed by atoms with E-state index in [0.717, 1.165) is 5.75 Å². The van der Waals surface area contributed by atoms with Gasteiger partial charge in [0.25, 0.3) is 0 Å². The minimum absolute atomic E-state index is 0.0308. The molecule has 38 heavy (non-hydrogen) atoms. The summed E-state index contributed by atoms with van der Waals surface area (Å²) in [6, 6.07) is 13.5. The van der Waals surface area contributed by atoms with Gasteiger partial charge in [0.2, 0.25) is 6.08 Å². The third-order valence-corrected chi connectivity index (χ3v) is 8.66. The highest BCUT2D eigenvalue weighted by molar-refractivity contribution is 7.91. The first kappa shape index (κ1) is 30.8. The number of benzene rings is 2. The second-order valence-corrected chi connectivity index (χ2v) is 12.7. The molecule has 0 saturated carbocycles. The number of hydrogen-bond donors (Lipinski definition) is 2. The number of isocyanates is 1. The second kappa shape index (κ2) is 15.1. The maximum Gasteiger partial charge on any atom is 0.321 e. The Labute approximate surface area is 222 Å². The number of ether oxygens (including phenoxy) is 2. The van der Waals surface area contributed by atoms with Crippen LogP contribution in [0.1, 0.15) is 0 Å². The van der Waals surface area contributed by atoms with Gasteiger partial charge in [-0.1, -0.05) is 0 Å². The fourth-order valence-electron chi connectivity index (χ4n) is 3.18. The first-order valence-corrected chi connectivity index (χ1v) is 15.3. The molecule has 0 radical (unpaired) electrons. The summed E-state index contributed by atoms with van der Waals surface area (Å²) < 4.78 is 53.7. The SMILES string of the molecule is COc1ccc(N=C=O)cc1.COc1ccc(NC(=O)N2CCS(=O)(=O)CC2)cc1.O=S1(=O)CCNCC1. The Bertz CT molecular complexity index is 1270. The van der Waals surface area contributed by atoms with Crippen LogP contribution in [-0.4, -0.2) is 97.3 Å². The van der Waals surface area contributed by atoms with E-state index >= 15 is 0 Å². The first-order valence-electron chi connectivity index (χ1n) is 11.6. The largest absolute Gasteiger partial charge is 0.497 e. The summed E-state index contributed by atoms with van der Waals surface area (Å²) >= 11 is 0. The lowest BCUT2D eigenvalue weighted by Gasteiger charge is -2.26. The van der Waals surface area contributed by atoms with Gasteiger partial charge in [-0.2, -0.15) is 4.99 Å². The molecule has 4 rings (SSSR count). The van der Waals surface area contributed by atoms with Gasteiger partial charge < -0.3 is 25.0 Å². The van der Waals surface area contributed by atoms with E-state index < -0.39 is 19.7 Å². The Morgan fingerprint density at radius 1 is 0.842 bits per heavy atom. The molecule has 0 atom stereocenters. The van der Waals surface area contributed by atoms with E-state index in [2.05, 4.69) is 15.6 Å². The lowest BCUT2D eigenvalue weighted by molar-refractivity contribution is 0.216. The number of amides is 2. The maximum atomic E-state index is 11.9. The van der Waals surface area contributed by atoms with Crippen LogP contribution in [-0.2, 0) is 24.5 Å². The van der Waals surface area contributed by atoms with E-state index in [0.29, 0.717) is 41.7 Å². The molecule has 0 unspecified atom stereocenters. The number of carbonyl (C=O) groups excluding carboxylic acids is 2. The van der Waals surface area contributed by atoms with Gasteiger partial charge in [-0.15, -0.1) is 0 Å². The Balaban J connectivity index is 0.000000224. The number of urea groups is 1. The average Bonchev–Trinajstić information content (AvgIpc) is 2.90. The third kappa shape index (κ3) is 11.3. The Morgan fingerprint density at radius 2 is 1.32 bits per heavy atom. The minimum Gasteiger partial charge on any atom is -0.497 e. The van der Waals surface area contributed by atoms with Gasteiger partial charge in [0, 0.05) is 31.9 Å². The third-order valence-electron chi connectivity index (χ3n) is 5.40. The maximum absolute atomic E-state index is 11.9. The minimum atomic E-state index is -2.97. The van der Waals surface area contributed by atoms with Crippen LogP contribution in [0.4, 0.5) is 16.2 Å². The van der Waals surface area contributed by atoms with Crippen LogP contribution >= 0.6 is 0 Å². The zero-order chi connectivity index (χ0) is 28.0. The normalized spacial score (nSPS) is 17.2. The van der Waals surface area contributed by atoms with Gasteiger partial charge in [0.15, 0.2) is 19.7 Å². The number of rotatable bonds is 4. The number of anilines is 1. The predicted molar refractivity (Wildman–Crippen MR) is 145 cm³/mol. The lowest BCUT2D eigenvalue weighted by atomic mass is 10.3. The van der Waals surface area contributed by atoms with Crippen molar-refractivity contribution in [1.82, 2.24) is 10.2 Å². The van der Waals surface area contributed by atoms with Crippen LogP contribution in [0, 0.1) is 0 Å². The molecule has 2 fully saturated rings. The van der Waals surface area contributed by atoms with Gasteiger partial charge in [-0.3, -0.25) is 0 Å². The van der Waals surface area contributed by atoms with E-state index in [-0.39, 0.29) is 30.6 Å². The summed E-state index contributed by atoms with van der Waals surface area (Å²) in [7, 11) is -2.46. The van der Waals surface area contributed by atoms with Crippen molar-refractivity contribution in [3.63, 3.8) is 0 Å². The van der Waals surface area contributed by atoms with E-state index in [4.69, 9.17) is 9.47 Å². The topological polar surface area (TPSA) is 161 Å². The Kier molecular flexibility index (Phi) is 12.2. The zero-order valence-corrected chi connectivity index (χ0v) is 22.9. The van der Waals surface area contributed by atoms with Crippen molar-refractivity contribution in [2.45, 2.75) is 0 Å². The van der Waals surface area contributed by atoms with Crippen LogP contribution in [0.3, 0.4) is 0 Å². The van der Waals surface area contributed by atoms with Gasteiger partial charge >= 0.3 is 6.03 Å². The van der Waals surface area contributed by atoms with Crippen LogP contribution < -0.4 is 20.1 Å². The van der Waals surface area contributed by atoms with Crippen LogP contribution in [0.15, 0.2) is 53.5 Å². The van der Waals surface area contributed by atoms with Gasteiger partial charge in [-0.05, 0) is 48.5 Å². The standard InChI is InChI=1S/C12H16N2O4S.C8H7NO2.C4H9NO2S/c1-18-11-4-2-10(3-5-11)13-12(15)14-6-8-19(16,17)9-7-14;1-11-8-4-2-7(3-5-8)9-6-10;6-8(7)3-1-5-2-4-8/h2-5H,6-9H2,1H3,(H,13,15);2-5H,1H3;5H,1-4H2. The summed E-state index contributed by atoms with van der Waals surface area (Å²) in [6.45, 7) is 1.74. The molecule has 2 amide bonds. The highest BCUT2D eigenvalue weighted by Gasteiger charge is 2.24. The van der Waals surface area contributed by atoms with Crippen LogP contribution in [0.25, 0.3) is 0 Å². The monoisotopic (exact) mass is 568 g/mol. The van der Waals surface area contributed by atoms with E-state index in [1.165, 1.54) is 11.0 Å². The van der Waals surface area contributed by atoms with E-state index in [1.54, 1.807) is 62.8 Å². The molecule has 14 heteroatoms. The van der Waals surface area contributed by atoms with Crippen molar-refractivity contribution in [3.05, 3.63) is 48.5 Å². The molecule has 208 valence electrons. The molecule has 2 heterocycles. The molecule has 0 spiro atoms. The summed E-state index contributed by atoms with van der Waals surface area (Å²) in [4.78, 5) is 26.7. The first-order chi connectivity index (χ1) is 18.1.